The van der Waals surface area contributed by atoms with E-state index in [-0.39, 0.29) is 22.8 Å². The second-order valence-corrected chi connectivity index (χ2v) is 6.74. The average molecular weight is 428 g/mol. The van der Waals surface area contributed by atoms with Crippen LogP contribution < -0.4 is 5.73 Å². The number of aryl methyl sites for hydroxylation is 1. The number of anilines is 1. The highest BCUT2D eigenvalue weighted by Crippen LogP contribution is 2.35. The summed E-state index contributed by atoms with van der Waals surface area (Å²) in [5.41, 5.74) is 6.90. The van der Waals surface area contributed by atoms with Crippen molar-refractivity contribution in [2.45, 2.75) is 18.4 Å². The lowest BCUT2D eigenvalue weighted by Gasteiger charge is -2.07. The van der Waals surface area contributed by atoms with Crippen LogP contribution in [0.4, 0.5) is 18.9 Å². The molecule has 2 N–H and O–H groups in total. The molecule has 0 saturated heterocycles. The fraction of sp³-hybridized carbons (Fsp3) is 0.0909. The summed E-state index contributed by atoms with van der Waals surface area (Å²) in [6, 6.07) is 12.2. The minimum atomic E-state index is -0.795. The Bertz CT molecular complexity index is 1130. The number of aromatic nitrogens is 3. The molecule has 0 atom stereocenters. The summed E-state index contributed by atoms with van der Waals surface area (Å²) in [6.45, 7) is 2.49. The predicted molar refractivity (Wildman–Crippen MR) is 115 cm³/mol. The van der Waals surface area contributed by atoms with Crippen LogP contribution in [-0.4, -0.2) is 14.8 Å². The fourth-order valence-corrected chi connectivity index (χ4v) is 2.91. The van der Waals surface area contributed by atoms with Gasteiger partial charge in [-0.1, -0.05) is 12.1 Å². The van der Waals surface area contributed by atoms with Gasteiger partial charge in [0.15, 0.2) is 5.82 Å². The molecule has 0 spiro atoms. The van der Waals surface area contributed by atoms with Crippen LogP contribution >= 0.6 is 12.6 Å². The van der Waals surface area contributed by atoms with Gasteiger partial charge in [-0.15, -0.1) is 12.6 Å². The van der Waals surface area contributed by atoms with E-state index in [1.807, 2.05) is 6.92 Å². The lowest BCUT2D eigenvalue weighted by Crippen LogP contribution is -1.99. The van der Waals surface area contributed by atoms with Gasteiger partial charge in [-0.25, -0.2) is 13.2 Å². The number of hydrogen-bond donors (Lipinski definition) is 2. The highest BCUT2D eigenvalue weighted by molar-refractivity contribution is 7.80. The molecule has 30 heavy (non-hydrogen) atoms. The minimum absolute atomic E-state index is 0.108. The Labute approximate surface area is 177 Å². The van der Waals surface area contributed by atoms with Gasteiger partial charge in [0, 0.05) is 35.6 Å². The van der Waals surface area contributed by atoms with E-state index < -0.39 is 11.6 Å². The molecule has 4 aromatic rings. The molecule has 4 nitrogen and oxygen atoms in total. The number of nitrogens with two attached hydrogens (primary N) is 1. The molecule has 0 fully saturated rings. The Morgan fingerprint density at radius 1 is 0.967 bits per heavy atom. The fourth-order valence-electron chi connectivity index (χ4n) is 2.75. The largest absolute Gasteiger partial charge is 0.396 e. The van der Waals surface area contributed by atoms with Crippen LogP contribution in [0.15, 0.2) is 72.0 Å². The first-order valence-electron chi connectivity index (χ1n) is 9.07. The van der Waals surface area contributed by atoms with Gasteiger partial charge in [0.2, 0.25) is 0 Å². The van der Waals surface area contributed by atoms with Gasteiger partial charge in [0.05, 0.1) is 11.3 Å². The molecule has 0 aliphatic rings. The Hall–Kier alpha value is -3.26. The van der Waals surface area contributed by atoms with Gasteiger partial charge in [-0.3, -0.25) is 9.67 Å². The smallest absolute Gasteiger partial charge is 0.158 e. The van der Waals surface area contributed by atoms with Gasteiger partial charge < -0.3 is 5.73 Å². The maximum absolute atomic E-state index is 14.3. The molecule has 4 rings (SSSR count). The zero-order chi connectivity index (χ0) is 21.7. The molecule has 0 aliphatic heterocycles. The van der Waals surface area contributed by atoms with Crippen LogP contribution in [0.3, 0.4) is 0 Å². The van der Waals surface area contributed by atoms with E-state index in [4.69, 9.17) is 5.73 Å². The molecule has 0 aliphatic carbocycles. The van der Waals surface area contributed by atoms with Crippen molar-refractivity contribution in [1.82, 2.24) is 14.8 Å². The number of thiol groups is 1. The van der Waals surface area contributed by atoms with Crippen LogP contribution in [0.25, 0.3) is 22.4 Å². The monoisotopic (exact) mass is 428 g/mol. The van der Waals surface area contributed by atoms with Gasteiger partial charge in [0.1, 0.15) is 17.3 Å². The Balaban J connectivity index is 0.000000269. The molecule has 2 aromatic heterocycles. The summed E-state index contributed by atoms with van der Waals surface area (Å²) < 4.78 is 42.4. The van der Waals surface area contributed by atoms with E-state index in [1.165, 1.54) is 12.1 Å². The van der Waals surface area contributed by atoms with Gasteiger partial charge in [0.25, 0.3) is 0 Å². The summed E-state index contributed by atoms with van der Waals surface area (Å²) in [5, 5.41) is 4.30. The molecule has 2 aromatic carbocycles. The number of rotatable bonds is 3. The van der Waals surface area contributed by atoms with Crippen molar-refractivity contribution in [2.75, 3.05) is 5.73 Å². The summed E-state index contributed by atoms with van der Waals surface area (Å²) in [7, 11) is 0. The number of halogens is 3. The van der Waals surface area contributed by atoms with Gasteiger partial charge in [-0.2, -0.15) is 5.10 Å². The van der Waals surface area contributed by atoms with Gasteiger partial charge in [-0.05, 0) is 48.9 Å². The lowest BCUT2D eigenvalue weighted by molar-refractivity contribution is 0.589. The Morgan fingerprint density at radius 2 is 1.67 bits per heavy atom. The van der Waals surface area contributed by atoms with Crippen LogP contribution in [0.1, 0.15) is 6.92 Å². The summed E-state index contributed by atoms with van der Waals surface area (Å²) in [4.78, 5) is 4.35. The van der Waals surface area contributed by atoms with Gasteiger partial charge >= 0.3 is 0 Å². The van der Waals surface area contributed by atoms with Crippen LogP contribution in [0, 0.1) is 17.5 Å². The highest BCUT2D eigenvalue weighted by Gasteiger charge is 2.21. The summed E-state index contributed by atoms with van der Waals surface area (Å²) in [6.07, 6.45) is 5.00. The molecule has 0 bridgehead atoms. The van der Waals surface area contributed by atoms with E-state index >= 15 is 0 Å². The average Bonchev–Trinajstić information content (AvgIpc) is 3.18. The Morgan fingerprint density at radius 3 is 2.27 bits per heavy atom. The van der Waals surface area contributed by atoms with E-state index in [2.05, 4.69) is 22.7 Å². The first-order valence-corrected chi connectivity index (χ1v) is 9.52. The first kappa shape index (κ1) is 21.4. The van der Waals surface area contributed by atoms with Crippen molar-refractivity contribution in [3.8, 4) is 22.4 Å². The van der Waals surface area contributed by atoms with Crippen LogP contribution in [-0.2, 0) is 6.54 Å². The predicted octanol–water partition coefficient (Wildman–Crippen LogP) is 5.61. The topological polar surface area (TPSA) is 56.7 Å². The number of benzene rings is 2. The molecule has 0 saturated carbocycles. The lowest BCUT2D eigenvalue weighted by atomic mass is 10.0. The van der Waals surface area contributed by atoms with Crippen molar-refractivity contribution in [2.24, 2.45) is 0 Å². The van der Waals surface area contributed by atoms with E-state index in [9.17, 15) is 13.2 Å². The number of pyridine rings is 1. The third kappa shape index (κ3) is 4.65. The maximum Gasteiger partial charge on any atom is 0.158 e. The zero-order valence-electron chi connectivity index (χ0n) is 16.1. The van der Waals surface area contributed by atoms with Crippen molar-refractivity contribution in [1.29, 1.82) is 0 Å². The van der Waals surface area contributed by atoms with Crippen molar-refractivity contribution < 1.29 is 13.2 Å². The van der Waals surface area contributed by atoms with Crippen LogP contribution in [0.2, 0.25) is 0 Å². The molecule has 2 heterocycles. The third-order valence-electron chi connectivity index (χ3n) is 4.29. The molecule has 0 unspecified atom stereocenters. The maximum atomic E-state index is 14.3. The first-order chi connectivity index (χ1) is 14.4. The zero-order valence-corrected chi connectivity index (χ0v) is 17.0. The van der Waals surface area contributed by atoms with E-state index in [0.29, 0.717) is 17.0 Å². The number of nitrogens with zero attached hydrogens (tertiary/aromatic N) is 3. The summed E-state index contributed by atoms with van der Waals surface area (Å²) >= 11 is 3.82. The normalized spacial score (nSPS) is 10.4. The third-order valence-corrected chi connectivity index (χ3v) is 4.65. The highest BCUT2D eigenvalue weighted by atomic mass is 32.1. The second-order valence-electron chi connectivity index (χ2n) is 6.26. The minimum Gasteiger partial charge on any atom is -0.396 e. The van der Waals surface area contributed by atoms with Crippen molar-refractivity contribution in [3.63, 3.8) is 0 Å². The number of hydrogen-bond acceptors (Lipinski definition) is 4. The molecule has 0 radical (unpaired) electrons. The van der Waals surface area contributed by atoms with Crippen molar-refractivity contribution in [3.05, 3.63) is 84.6 Å². The van der Waals surface area contributed by atoms with E-state index in [1.54, 1.807) is 53.6 Å². The molecular formula is C22H19F3N4S. The molecular weight excluding hydrogens is 409 g/mol. The number of nitrogen functional groups attached to an aromatic ring is 1. The van der Waals surface area contributed by atoms with Crippen molar-refractivity contribution >= 4 is 18.3 Å². The second kappa shape index (κ2) is 9.49. The van der Waals surface area contributed by atoms with E-state index in [0.717, 1.165) is 11.6 Å². The quantitative estimate of drug-likeness (QED) is 0.330. The summed E-state index contributed by atoms with van der Waals surface area (Å²) in [5.74, 6) is -1.75. The molecule has 8 heteroatoms. The molecule has 154 valence electrons. The Kier molecular flexibility index (Phi) is 6.79. The SMILES string of the molecule is CCn1cc(-c2ccncc2)c(-c2c(F)ccc(N)c2F)n1.Fc1ccccc1S. The molecule has 0 amide bonds. The standard InChI is InChI=1S/C16H14F2N4.C6H5FS/c1-2-22-9-11(10-5-7-20-8-6-10)16(21-22)14-12(17)3-4-13(19)15(14)18;7-5-3-1-2-4-6(5)8/h3-9H,2,19H2,1H3;1-4,8H. The van der Waals surface area contributed by atoms with Crippen LogP contribution in [0.5, 0.6) is 0 Å².